The average Bonchev–Trinajstić information content (AvgIpc) is 2.12. The molecule has 0 aromatic heterocycles. The first-order chi connectivity index (χ1) is 5.74. The summed E-state index contributed by atoms with van der Waals surface area (Å²) in [5, 5.41) is 0. The van der Waals surface area contributed by atoms with Gasteiger partial charge in [0.15, 0.2) is 12.1 Å². The highest BCUT2D eigenvalue weighted by atomic mass is 16.7. The van der Waals surface area contributed by atoms with Gasteiger partial charge < -0.3 is 14.2 Å². The molecule has 0 unspecified atom stereocenters. The van der Waals surface area contributed by atoms with Crippen LogP contribution in [0.15, 0.2) is 0 Å². The number of hydrogen-bond acceptors (Lipinski definition) is 4. The fraction of sp³-hybridized carbons (Fsp3) is 0.875. The first-order valence-electron chi connectivity index (χ1n) is 3.89. The van der Waals surface area contributed by atoms with Crippen molar-refractivity contribution >= 4 is 5.78 Å². The Hall–Kier alpha value is -0.450. The van der Waals surface area contributed by atoms with E-state index < -0.39 is 0 Å². The van der Waals surface area contributed by atoms with Crippen molar-refractivity contribution in [2.45, 2.75) is 19.6 Å². The second-order valence-corrected chi connectivity index (χ2v) is 2.31. The van der Waals surface area contributed by atoms with Crippen LogP contribution in [0.3, 0.4) is 0 Å². The molecule has 0 aromatic carbocycles. The van der Waals surface area contributed by atoms with Crippen molar-refractivity contribution < 1.29 is 19.0 Å². The van der Waals surface area contributed by atoms with Gasteiger partial charge in [-0.25, -0.2) is 0 Å². The highest BCUT2D eigenvalue weighted by molar-refractivity contribution is 5.79. The number of carbonyl (C=O) groups excluding carboxylic acids is 1. The van der Waals surface area contributed by atoms with Gasteiger partial charge in [-0.2, -0.15) is 0 Å². The summed E-state index contributed by atoms with van der Waals surface area (Å²) in [5.41, 5.74) is 0. The second-order valence-electron chi connectivity index (χ2n) is 2.31. The molecular weight excluding hydrogens is 160 g/mol. The Bertz CT molecular complexity index is 120. The van der Waals surface area contributed by atoms with Gasteiger partial charge in [0.25, 0.3) is 0 Å². The number of rotatable bonds is 7. The van der Waals surface area contributed by atoms with Crippen LogP contribution in [-0.2, 0) is 19.0 Å². The van der Waals surface area contributed by atoms with Crippen LogP contribution >= 0.6 is 0 Å². The zero-order valence-electron chi connectivity index (χ0n) is 7.83. The van der Waals surface area contributed by atoms with E-state index in [1.54, 1.807) is 6.92 Å². The van der Waals surface area contributed by atoms with E-state index in [4.69, 9.17) is 14.2 Å². The SMILES string of the molecule is CCC(=O)COCC(OC)OC. The molecule has 4 nitrogen and oxygen atoms in total. The maximum Gasteiger partial charge on any atom is 0.180 e. The lowest BCUT2D eigenvalue weighted by Gasteiger charge is -2.12. The van der Waals surface area contributed by atoms with Gasteiger partial charge in [0.05, 0.1) is 6.61 Å². The molecule has 0 saturated heterocycles. The van der Waals surface area contributed by atoms with Crippen molar-refractivity contribution in [1.29, 1.82) is 0 Å². The van der Waals surface area contributed by atoms with Crippen LogP contribution in [0.1, 0.15) is 13.3 Å². The molecule has 0 aliphatic heterocycles. The zero-order valence-corrected chi connectivity index (χ0v) is 7.83. The molecular formula is C8H16O4. The van der Waals surface area contributed by atoms with Crippen molar-refractivity contribution in [3.8, 4) is 0 Å². The minimum absolute atomic E-state index is 0.0842. The molecule has 0 rings (SSSR count). The van der Waals surface area contributed by atoms with Crippen LogP contribution in [0.25, 0.3) is 0 Å². The van der Waals surface area contributed by atoms with E-state index in [9.17, 15) is 4.79 Å². The molecule has 0 spiro atoms. The number of Topliss-reactive ketones (excluding diaryl/α,β-unsaturated/α-hetero) is 1. The van der Waals surface area contributed by atoms with Gasteiger partial charge >= 0.3 is 0 Å². The van der Waals surface area contributed by atoms with E-state index in [-0.39, 0.29) is 18.7 Å². The molecule has 12 heavy (non-hydrogen) atoms. The largest absolute Gasteiger partial charge is 0.368 e. The molecule has 0 aromatic rings. The minimum Gasteiger partial charge on any atom is -0.368 e. The first-order valence-corrected chi connectivity index (χ1v) is 3.89. The molecule has 0 radical (unpaired) electrons. The lowest BCUT2D eigenvalue weighted by atomic mass is 10.3. The van der Waals surface area contributed by atoms with Gasteiger partial charge in [-0.1, -0.05) is 6.92 Å². The molecule has 0 bridgehead atoms. The molecule has 0 aliphatic carbocycles. The molecule has 4 heteroatoms. The summed E-state index contributed by atoms with van der Waals surface area (Å²) in [6.45, 7) is 2.23. The standard InChI is InChI=1S/C8H16O4/c1-4-7(9)5-12-6-8(10-2)11-3/h8H,4-6H2,1-3H3. The third-order valence-corrected chi connectivity index (χ3v) is 1.44. The van der Waals surface area contributed by atoms with Crippen LogP contribution in [0.2, 0.25) is 0 Å². The predicted molar refractivity (Wildman–Crippen MR) is 43.9 cm³/mol. The number of methoxy groups -OCH3 is 2. The Balaban J connectivity index is 3.34. The lowest BCUT2D eigenvalue weighted by molar-refractivity contribution is -0.147. The summed E-state index contributed by atoms with van der Waals surface area (Å²) in [5.74, 6) is 0.0842. The normalized spacial score (nSPS) is 10.7. The highest BCUT2D eigenvalue weighted by Gasteiger charge is 2.05. The minimum atomic E-state index is -0.380. The molecule has 0 aliphatic rings. The summed E-state index contributed by atoms with van der Waals surface area (Å²) in [6, 6.07) is 0. The first kappa shape index (κ1) is 11.6. The van der Waals surface area contributed by atoms with Gasteiger partial charge in [-0.15, -0.1) is 0 Å². The van der Waals surface area contributed by atoms with Gasteiger partial charge in [-0.05, 0) is 0 Å². The van der Waals surface area contributed by atoms with Crippen LogP contribution < -0.4 is 0 Å². The third-order valence-electron chi connectivity index (χ3n) is 1.44. The van der Waals surface area contributed by atoms with Crippen molar-refractivity contribution in [2.24, 2.45) is 0 Å². The smallest absolute Gasteiger partial charge is 0.180 e. The molecule has 0 N–H and O–H groups in total. The van der Waals surface area contributed by atoms with Crippen LogP contribution in [0, 0.1) is 0 Å². The molecule has 0 atom stereocenters. The Morgan fingerprint density at radius 1 is 1.33 bits per heavy atom. The van der Waals surface area contributed by atoms with Crippen LogP contribution in [0.4, 0.5) is 0 Å². The fourth-order valence-corrected chi connectivity index (χ4v) is 0.603. The third kappa shape index (κ3) is 5.23. The van der Waals surface area contributed by atoms with E-state index in [2.05, 4.69) is 0 Å². The lowest BCUT2D eigenvalue weighted by Crippen LogP contribution is -2.22. The van der Waals surface area contributed by atoms with Gasteiger partial charge in [0, 0.05) is 20.6 Å². The number of carbonyl (C=O) groups is 1. The summed E-state index contributed by atoms with van der Waals surface area (Å²) < 4.78 is 14.7. The van der Waals surface area contributed by atoms with E-state index in [0.717, 1.165) is 0 Å². The van der Waals surface area contributed by atoms with Crippen molar-refractivity contribution in [2.75, 3.05) is 27.4 Å². The Morgan fingerprint density at radius 3 is 2.33 bits per heavy atom. The Morgan fingerprint density at radius 2 is 1.92 bits per heavy atom. The number of ether oxygens (including phenoxy) is 3. The van der Waals surface area contributed by atoms with Crippen LogP contribution in [0.5, 0.6) is 0 Å². The summed E-state index contributed by atoms with van der Waals surface area (Å²) in [4.78, 5) is 10.8. The maximum absolute atomic E-state index is 10.8. The number of hydrogen-bond donors (Lipinski definition) is 0. The maximum atomic E-state index is 10.8. The molecule has 72 valence electrons. The Kier molecular flexibility index (Phi) is 6.94. The quantitative estimate of drug-likeness (QED) is 0.533. The van der Waals surface area contributed by atoms with Gasteiger partial charge in [-0.3, -0.25) is 4.79 Å². The number of ketones is 1. The topological polar surface area (TPSA) is 44.8 Å². The second kappa shape index (κ2) is 7.21. The van der Waals surface area contributed by atoms with E-state index >= 15 is 0 Å². The van der Waals surface area contributed by atoms with Gasteiger partial charge in [0.1, 0.15) is 6.61 Å². The van der Waals surface area contributed by atoms with Crippen molar-refractivity contribution in [3.05, 3.63) is 0 Å². The average molecular weight is 176 g/mol. The van der Waals surface area contributed by atoms with E-state index in [1.165, 1.54) is 14.2 Å². The summed E-state index contributed by atoms with van der Waals surface area (Å²) in [7, 11) is 3.05. The van der Waals surface area contributed by atoms with Crippen molar-refractivity contribution in [1.82, 2.24) is 0 Å². The summed E-state index contributed by atoms with van der Waals surface area (Å²) in [6.07, 6.45) is 0.125. The molecule has 0 fully saturated rings. The fourth-order valence-electron chi connectivity index (χ4n) is 0.603. The van der Waals surface area contributed by atoms with Gasteiger partial charge in [0.2, 0.25) is 0 Å². The monoisotopic (exact) mass is 176 g/mol. The van der Waals surface area contributed by atoms with Crippen molar-refractivity contribution in [3.63, 3.8) is 0 Å². The van der Waals surface area contributed by atoms with E-state index in [1.807, 2.05) is 0 Å². The molecule has 0 heterocycles. The molecule has 0 saturated carbocycles. The van der Waals surface area contributed by atoms with E-state index in [0.29, 0.717) is 13.0 Å². The zero-order chi connectivity index (χ0) is 9.40. The Labute approximate surface area is 72.8 Å². The summed E-state index contributed by atoms with van der Waals surface area (Å²) >= 11 is 0. The predicted octanol–water partition coefficient (Wildman–Crippen LogP) is 0.601. The van der Waals surface area contributed by atoms with Crippen LogP contribution in [-0.4, -0.2) is 39.5 Å². The highest BCUT2D eigenvalue weighted by Crippen LogP contribution is 1.92. The molecule has 0 amide bonds.